The van der Waals surface area contributed by atoms with Crippen LogP contribution in [0, 0.1) is 0 Å². The van der Waals surface area contributed by atoms with E-state index in [0.717, 1.165) is 5.75 Å². The van der Waals surface area contributed by atoms with E-state index in [1.165, 1.54) is 4.88 Å². The summed E-state index contributed by atoms with van der Waals surface area (Å²) in [6.45, 7) is 1.62. The van der Waals surface area contributed by atoms with Crippen molar-refractivity contribution in [2.75, 3.05) is 13.2 Å². The molecule has 0 bridgehead atoms. The minimum absolute atomic E-state index is 0.0795. The van der Waals surface area contributed by atoms with Crippen LogP contribution < -0.4 is 10.5 Å². The van der Waals surface area contributed by atoms with Gasteiger partial charge in [-0.15, -0.1) is 11.3 Å². The van der Waals surface area contributed by atoms with Gasteiger partial charge in [0.15, 0.2) is 5.84 Å². The van der Waals surface area contributed by atoms with E-state index in [-0.39, 0.29) is 5.84 Å². The number of oxime groups is 1. The maximum absolute atomic E-state index is 8.55. The molecule has 0 saturated heterocycles. The number of hydrogen-bond acceptors (Lipinski definition) is 5. The highest BCUT2D eigenvalue weighted by Crippen LogP contribution is 2.12. The molecule has 2 aromatic rings. The van der Waals surface area contributed by atoms with Crippen LogP contribution in [0.15, 0.2) is 46.9 Å². The van der Waals surface area contributed by atoms with Crippen molar-refractivity contribution in [3.63, 3.8) is 0 Å². The van der Waals surface area contributed by atoms with Gasteiger partial charge in [-0.25, -0.2) is 0 Å². The van der Waals surface area contributed by atoms with Gasteiger partial charge in [0.2, 0.25) is 0 Å². The zero-order valence-corrected chi connectivity index (χ0v) is 11.7. The van der Waals surface area contributed by atoms with Crippen LogP contribution in [0.1, 0.15) is 10.4 Å². The van der Waals surface area contributed by atoms with Crippen LogP contribution in [-0.2, 0) is 11.3 Å². The number of rotatable bonds is 7. The normalized spacial score (nSPS) is 11.5. The minimum Gasteiger partial charge on any atom is -0.491 e. The Hall–Kier alpha value is -2.05. The van der Waals surface area contributed by atoms with Gasteiger partial charge in [0.05, 0.1) is 13.2 Å². The van der Waals surface area contributed by atoms with E-state index >= 15 is 0 Å². The SMILES string of the molecule is NC(=NO)c1ccc(OCCOCc2cccs2)cc1. The van der Waals surface area contributed by atoms with Crippen LogP contribution in [0.4, 0.5) is 0 Å². The van der Waals surface area contributed by atoms with E-state index in [1.54, 1.807) is 35.6 Å². The molecule has 0 fully saturated rings. The summed E-state index contributed by atoms with van der Waals surface area (Å²) in [5, 5.41) is 13.5. The molecule has 0 radical (unpaired) electrons. The minimum atomic E-state index is 0.0795. The average Bonchev–Trinajstić information content (AvgIpc) is 3.00. The lowest BCUT2D eigenvalue weighted by Crippen LogP contribution is -2.12. The van der Waals surface area contributed by atoms with E-state index in [0.29, 0.717) is 25.4 Å². The number of nitrogens with zero attached hydrogens (tertiary/aromatic N) is 1. The fourth-order valence-corrected chi connectivity index (χ4v) is 2.21. The van der Waals surface area contributed by atoms with Crippen LogP contribution in [0.5, 0.6) is 5.75 Å². The van der Waals surface area contributed by atoms with Crippen LogP contribution in [0.25, 0.3) is 0 Å². The molecule has 20 heavy (non-hydrogen) atoms. The molecule has 0 amide bonds. The van der Waals surface area contributed by atoms with Gasteiger partial charge in [-0.05, 0) is 35.7 Å². The van der Waals surface area contributed by atoms with E-state index in [4.69, 9.17) is 20.4 Å². The number of hydrogen-bond donors (Lipinski definition) is 2. The monoisotopic (exact) mass is 292 g/mol. The van der Waals surface area contributed by atoms with Gasteiger partial charge in [0.25, 0.3) is 0 Å². The van der Waals surface area contributed by atoms with Gasteiger partial charge < -0.3 is 20.4 Å². The summed E-state index contributed by atoms with van der Waals surface area (Å²) in [6.07, 6.45) is 0. The predicted molar refractivity (Wildman–Crippen MR) is 78.4 cm³/mol. The molecular weight excluding hydrogens is 276 g/mol. The summed E-state index contributed by atoms with van der Waals surface area (Å²) < 4.78 is 11.0. The van der Waals surface area contributed by atoms with Gasteiger partial charge in [0, 0.05) is 10.4 Å². The first-order valence-electron chi connectivity index (χ1n) is 6.10. The van der Waals surface area contributed by atoms with Gasteiger partial charge in [-0.2, -0.15) is 0 Å². The molecule has 3 N–H and O–H groups in total. The number of amidine groups is 1. The standard InChI is InChI=1S/C14H16N2O3S/c15-14(16-17)11-3-5-12(6-4-11)19-8-7-18-10-13-2-1-9-20-13/h1-6,9,17H,7-8,10H2,(H2,15,16). The van der Waals surface area contributed by atoms with E-state index in [2.05, 4.69) is 5.16 Å². The molecule has 0 atom stereocenters. The Morgan fingerprint density at radius 3 is 2.65 bits per heavy atom. The van der Waals surface area contributed by atoms with Crippen molar-refractivity contribution >= 4 is 17.2 Å². The van der Waals surface area contributed by atoms with Crippen molar-refractivity contribution in [3.8, 4) is 5.75 Å². The fourth-order valence-electron chi connectivity index (χ4n) is 1.57. The summed E-state index contributed by atoms with van der Waals surface area (Å²) in [7, 11) is 0. The number of benzene rings is 1. The molecule has 1 heterocycles. The Morgan fingerprint density at radius 1 is 1.20 bits per heavy atom. The molecule has 0 aliphatic heterocycles. The third-order valence-corrected chi connectivity index (χ3v) is 3.43. The number of thiophene rings is 1. The number of ether oxygens (including phenoxy) is 2. The molecule has 0 aliphatic carbocycles. The smallest absolute Gasteiger partial charge is 0.170 e. The number of nitrogens with two attached hydrogens (primary N) is 1. The predicted octanol–water partition coefficient (Wildman–Crippen LogP) is 2.44. The Kier molecular flexibility index (Phi) is 5.40. The van der Waals surface area contributed by atoms with E-state index in [1.807, 2.05) is 17.5 Å². The maximum Gasteiger partial charge on any atom is 0.170 e. The second kappa shape index (κ2) is 7.52. The summed E-state index contributed by atoms with van der Waals surface area (Å²) in [4.78, 5) is 1.20. The Balaban J connectivity index is 1.69. The van der Waals surface area contributed by atoms with Crippen LogP contribution >= 0.6 is 11.3 Å². The van der Waals surface area contributed by atoms with Crippen molar-refractivity contribution in [1.82, 2.24) is 0 Å². The largest absolute Gasteiger partial charge is 0.491 e. The van der Waals surface area contributed by atoms with Crippen LogP contribution in [0.3, 0.4) is 0 Å². The zero-order chi connectivity index (χ0) is 14.2. The summed E-state index contributed by atoms with van der Waals surface area (Å²) in [6, 6.07) is 11.0. The summed E-state index contributed by atoms with van der Waals surface area (Å²) in [5.74, 6) is 0.801. The topological polar surface area (TPSA) is 77.1 Å². The van der Waals surface area contributed by atoms with Crippen molar-refractivity contribution in [1.29, 1.82) is 0 Å². The highest BCUT2D eigenvalue weighted by Gasteiger charge is 2.00. The lowest BCUT2D eigenvalue weighted by Gasteiger charge is -2.07. The quantitative estimate of drug-likeness (QED) is 0.270. The third kappa shape index (κ3) is 4.25. The molecule has 1 aromatic heterocycles. The maximum atomic E-state index is 8.55. The van der Waals surface area contributed by atoms with Crippen molar-refractivity contribution in [3.05, 3.63) is 52.2 Å². The molecule has 0 spiro atoms. The molecule has 0 saturated carbocycles. The van der Waals surface area contributed by atoms with E-state index < -0.39 is 0 Å². The Labute approximate surface area is 121 Å². The Bertz CT molecular complexity index is 538. The summed E-state index contributed by atoms with van der Waals surface area (Å²) >= 11 is 1.67. The zero-order valence-electron chi connectivity index (χ0n) is 10.9. The Morgan fingerprint density at radius 2 is 2.00 bits per heavy atom. The molecule has 106 valence electrons. The van der Waals surface area contributed by atoms with Crippen molar-refractivity contribution in [2.45, 2.75) is 6.61 Å². The molecular formula is C14H16N2O3S. The first-order valence-corrected chi connectivity index (χ1v) is 6.98. The van der Waals surface area contributed by atoms with Crippen LogP contribution in [0.2, 0.25) is 0 Å². The molecule has 6 heteroatoms. The first-order chi connectivity index (χ1) is 9.79. The van der Waals surface area contributed by atoms with Gasteiger partial charge in [-0.3, -0.25) is 0 Å². The van der Waals surface area contributed by atoms with Gasteiger partial charge in [0.1, 0.15) is 12.4 Å². The lowest BCUT2D eigenvalue weighted by molar-refractivity contribution is 0.0905. The molecule has 5 nitrogen and oxygen atoms in total. The molecule has 0 aliphatic rings. The molecule has 2 rings (SSSR count). The summed E-state index contributed by atoms with van der Waals surface area (Å²) in [5.41, 5.74) is 6.12. The van der Waals surface area contributed by atoms with Gasteiger partial charge >= 0.3 is 0 Å². The highest BCUT2D eigenvalue weighted by molar-refractivity contribution is 7.09. The second-order valence-electron chi connectivity index (χ2n) is 3.99. The van der Waals surface area contributed by atoms with E-state index in [9.17, 15) is 0 Å². The first kappa shape index (κ1) is 14.4. The fraction of sp³-hybridized carbons (Fsp3) is 0.214. The third-order valence-electron chi connectivity index (χ3n) is 2.58. The highest BCUT2D eigenvalue weighted by atomic mass is 32.1. The van der Waals surface area contributed by atoms with Gasteiger partial charge in [-0.1, -0.05) is 11.2 Å². The second-order valence-corrected chi connectivity index (χ2v) is 5.02. The van der Waals surface area contributed by atoms with Crippen molar-refractivity contribution in [2.24, 2.45) is 10.9 Å². The average molecular weight is 292 g/mol. The molecule has 1 aromatic carbocycles. The van der Waals surface area contributed by atoms with Crippen LogP contribution in [-0.4, -0.2) is 24.3 Å². The molecule has 0 unspecified atom stereocenters. The van der Waals surface area contributed by atoms with Crippen molar-refractivity contribution < 1.29 is 14.7 Å². The lowest BCUT2D eigenvalue weighted by atomic mass is 10.2.